The first kappa shape index (κ1) is 21.4. The number of likely N-dealkylation sites (tertiary alicyclic amines) is 1. The van der Waals surface area contributed by atoms with Gasteiger partial charge in [0.25, 0.3) is 11.5 Å². The molecule has 1 saturated heterocycles. The van der Waals surface area contributed by atoms with E-state index in [2.05, 4.69) is 28.7 Å². The highest BCUT2D eigenvalue weighted by Gasteiger charge is 2.58. The monoisotopic (exact) mass is 457 g/mol. The lowest BCUT2D eigenvalue weighted by atomic mass is 9.49. The van der Waals surface area contributed by atoms with Gasteiger partial charge in [-0.25, -0.2) is 0 Å². The summed E-state index contributed by atoms with van der Waals surface area (Å²) in [6.07, 6.45) is 4.91. The van der Waals surface area contributed by atoms with Crippen molar-refractivity contribution in [1.29, 1.82) is 5.26 Å². The fourth-order valence-electron chi connectivity index (χ4n) is 6.66. The normalized spacial score (nSPS) is 31.5. The van der Waals surface area contributed by atoms with Crippen LogP contribution in [0.2, 0.25) is 0 Å². The second-order valence-electron chi connectivity index (χ2n) is 11.1. The number of nitrogens with zero attached hydrogens (tertiary/aromatic N) is 3. The Balaban J connectivity index is 1.30. The summed E-state index contributed by atoms with van der Waals surface area (Å²) in [5, 5.41) is 16.1. The maximum Gasteiger partial charge on any atom is 0.255 e. The number of carbonyl (C=O) groups excluding carboxylic acids is 1. The van der Waals surface area contributed by atoms with Crippen molar-refractivity contribution in [3.8, 4) is 6.07 Å². The molecule has 1 aromatic carbocycles. The lowest BCUT2D eigenvalue weighted by molar-refractivity contribution is -0.0914. The van der Waals surface area contributed by atoms with Crippen LogP contribution >= 0.6 is 0 Å². The van der Waals surface area contributed by atoms with Crippen LogP contribution in [0, 0.1) is 36.0 Å². The Morgan fingerprint density at radius 1 is 1.24 bits per heavy atom. The van der Waals surface area contributed by atoms with E-state index in [9.17, 15) is 14.9 Å². The molecule has 7 nitrogen and oxygen atoms in total. The summed E-state index contributed by atoms with van der Waals surface area (Å²) in [5.41, 5.74) is 3.48. The maximum absolute atomic E-state index is 13.6. The van der Waals surface area contributed by atoms with E-state index in [-0.39, 0.29) is 23.0 Å². The van der Waals surface area contributed by atoms with Gasteiger partial charge in [0, 0.05) is 36.9 Å². The lowest BCUT2D eigenvalue weighted by Crippen LogP contribution is -2.62. The molecule has 4 saturated carbocycles. The Morgan fingerprint density at radius 2 is 1.94 bits per heavy atom. The average molecular weight is 458 g/mol. The summed E-state index contributed by atoms with van der Waals surface area (Å²) in [5.74, 6) is 1.70. The average Bonchev–Trinajstić information content (AvgIpc) is 3.18. The molecule has 4 aliphatic carbocycles. The number of pyridine rings is 1. The SMILES string of the molecule is Cc1c(C#N)cccc1[C@@H](C)NC(=O)c1cn(C23CC(C2)C3)c(=O)cc1N[C@@H]1[C@@H]2CN(C)C[C@@H]21. The van der Waals surface area contributed by atoms with Crippen molar-refractivity contribution in [3.63, 3.8) is 0 Å². The van der Waals surface area contributed by atoms with Crippen LogP contribution < -0.4 is 16.2 Å². The Labute approximate surface area is 199 Å². The molecule has 0 unspecified atom stereocenters. The second kappa shape index (κ2) is 7.44. The van der Waals surface area contributed by atoms with Crippen LogP contribution in [0.3, 0.4) is 0 Å². The minimum Gasteiger partial charge on any atom is -0.381 e. The molecule has 7 rings (SSSR count). The summed E-state index contributed by atoms with van der Waals surface area (Å²) >= 11 is 0. The third-order valence-electron chi connectivity index (χ3n) is 8.82. The van der Waals surface area contributed by atoms with Crippen molar-refractivity contribution in [2.45, 2.75) is 50.7 Å². The van der Waals surface area contributed by atoms with Gasteiger partial charge in [-0.3, -0.25) is 9.59 Å². The zero-order valence-corrected chi connectivity index (χ0v) is 20.0. The molecule has 0 spiro atoms. The number of anilines is 1. The number of fused-ring (bicyclic) bond motifs is 1. The number of benzene rings is 1. The van der Waals surface area contributed by atoms with Crippen molar-refractivity contribution in [2.24, 2.45) is 17.8 Å². The maximum atomic E-state index is 13.6. The van der Waals surface area contributed by atoms with Crippen LogP contribution in [-0.4, -0.2) is 41.6 Å². The zero-order valence-electron chi connectivity index (χ0n) is 20.0. The molecule has 0 radical (unpaired) electrons. The quantitative estimate of drug-likeness (QED) is 0.696. The molecule has 34 heavy (non-hydrogen) atoms. The van der Waals surface area contributed by atoms with Crippen LogP contribution in [0.4, 0.5) is 5.69 Å². The molecule has 5 aliphatic rings. The van der Waals surface area contributed by atoms with E-state index in [4.69, 9.17) is 0 Å². The van der Waals surface area contributed by atoms with Gasteiger partial charge in [-0.15, -0.1) is 0 Å². The van der Waals surface area contributed by atoms with Crippen LogP contribution in [0.15, 0.2) is 35.3 Å². The molecule has 2 heterocycles. The van der Waals surface area contributed by atoms with Gasteiger partial charge in [0.1, 0.15) is 0 Å². The summed E-state index contributed by atoms with van der Waals surface area (Å²) in [4.78, 5) is 29.0. The van der Waals surface area contributed by atoms with E-state index in [1.807, 2.05) is 30.5 Å². The number of aromatic nitrogens is 1. The fraction of sp³-hybridized carbons (Fsp3) is 0.519. The van der Waals surface area contributed by atoms with Gasteiger partial charge in [0.05, 0.1) is 28.9 Å². The molecule has 2 bridgehead atoms. The van der Waals surface area contributed by atoms with Crippen molar-refractivity contribution in [1.82, 2.24) is 14.8 Å². The number of hydrogen-bond donors (Lipinski definition) is 2. The second-order valence-corrected chi connectivity index (χ2v) is 11.1. The van der Waals surface area contributed by atoms with E-state index < -0.39 is 0 Å². The molecule has 2 aromatic rings. The number of hydrogen-bond acceptors (Lipinski definition) is 5. The van der Waals surface area contributed by atoms with Gasteiger partial charge in [-0.2, -0.15) is 5.26 Å². The molecule has 1 aromatic heterocycles. The van der Waals surface area contributed by atoms with Gasteiger partial charge in [0.15, 0.2) is 0 Å². The van der Waals surface area contributed by atoms with Gasteiger partial charge < -0.3 is 20.1 Å². The third kappa shape index (κ3) is 3.19. The number of piperidine rings is 1. The Kier molecular flexibility index (Phi) is 4.69. The molecule has 7 heteroatoms. The first-order valence-electron chi connectivity index (χ1n) is 12.3. The van der Waals surface area contributed by atoms with Crippen LogP contribution in [0.25, 0.3) is 0 Å². The minimum atomic E-state index is -0.266. The van der Waals surface area contributed by atoms with Gasteiger partial charge >= 0.3 is 0 Å². The van der Waals surface area contributed by atoms with E-state index in [1.165, 1.54) is 0 Å². The number of nitriles is 1. The smallest absolute Gasteiger partial charge is 0.255 e. The van der Waals surface area contributed by atoms with E-state index in [1.54, 1.807) is 18.3 Å². The summed E-state index contributed by atoms with van der Waals surface area (Å²) < 4.78 is 1.82. The lowest BCUT2D eigenvalue weighted by Gasteiger charge is -2.62. The minimum absolute atomic E-state index is 0.0225. The molecule has 1 amide bonds. The Hall–Kier alpha value is -3.11. The standard InChI is InChI=1S/C27H31N5O2/c1-15-18(11-28)5-4-6-19(15)16(2)29-26(34)22-14-32(27-8-17(9-27)10-27)24(33)7-23(22)30-25-20-12-31(3)13-21(20)25/h4-7,14,16-17,20-21,25,30H,8-10,12-13H2,1-3H3,(H,29,34)/t16-,17?,20-,21+,25-,27?/m1/s1. The van der Waals surface area contributed by atoms with Crippen molar-refractivity contribution in [2.75, 3.05) is 25.5 Å². The molecular weight excluding hydrogens is 426 g/mol. The predicted octanol–water partition coefficient (Wildman–Crippen LogP) is 3.00. The van der Waals surface area contributed by atoms with Crippen molar-refractivity contribution < 1.29 is 4.79 Å². The molecular formula is C27H31N5O2. The first-order chi connectivity index (χ1) is 16.3. The fourth-order valence-corrected chi connectivity index (χ4v) is 6.66. The highest BCUT2D eigenvalue weighted by molar-refractivity contribution is 5.99. The van der Waals surface area contributed by atoms with E-state index in [0.717, 1.165) is 49.4 Å². The van der Waals surface area contributed by atoms with E-state index >= 15 is 0 Å². The highest BCUT2D eigenvalue weighted by Crippen LogP contribution is 2.61. The summed E-state index contributed by atoms with van der Waals surface area (Å²) in [6.45, 7) is 5.95. The molecule has 5 fully saturated rings. The molecule has 2 N–H and O–H groups in total. The third-order valence-corrected chi connectivity index (χ3v) is 8.82. The summed E-state index contributed by atoms with van der Waals surface area (Å²) in [6, 6.07) is 9.50. The first-order valence-corrected chi connectivity index (χ1v) is 12.3. The highest BCUT2D eigenvalue weighted by atomic mass is 16.2. The predicted molar refractivity (Wildman–Crippen MR) is 130 cm³/mol. The number of rotatable bonds is 6. The van der Waals surface area contributed by atoms with Crippen LogP contribution in [-0.2, 0) is 5.54 Å². The van der Waals surface area contributed by atoms with Gasteiger partial charge in [-0.1, -0.05) is 12.1 Å². The van der Waals surface area contributed by atoms with Crippen molar-refractivity contribution in [3.05, 3.63) is 63.1 Å². The van der Waals surface area contributed by atoms with Gasteiger partial charge in [-0.05, 0) is 75.1 Å². The van der Waals surface area contributed by atoms with Crippen molar-refractivity contribution >= 4 is 11.6 Å². The Morgan fingerprint density at radius 3 is 2.56 bits per heavy atom. The number of nitrogens with one attached hydrogen (secondary N) is 2. The molecule has 4 atom stereocenters. The number of carbonyl (C=O) groups is 1. The largest absolute Gasteiger partial charge is 0.381 e. The molecule has 1 aliphatic heterocycles. The van der Waals surface area contributed by atoms with Gasteiger partial charge in [0.2, 0.25) is 0 Å². The molecule has 176 valence electrons. The topological polar surface area (TPSA) is 90.2 Å². The van der Waals surface area contributed by atoms with Crippen LogP contribution in [0.5, 0.6) is 0 Å². The zero-order chi connectivity index (χ0) is 23.8. The summed E-state index contributed by atoms with van der Waals surface area (Å²) in [7, 11) is 2.14. The number of amides is 1. The Bertz CT molecular complexity index is 1260. The van der Waals surface area contributed by atoms with E-state index in [0.29, 0.717) is 34.7 Å². The van der Waals surface area contributed by atoms with Crippen LogP contribution in [0.1, 0.15) is 59.3 Å².